The van der Waals surface area contributed by atoms with Gasteiger partial charge in [-0.1, -0.05) is 29.8 Å². The van der Waals surface area contributed by atoms with Crippen molar-refractivity contribution < 1.29 is 4.74 Å². The zero-order valence-corrected chi connectivity index (χ0v) is 17.9. The molecule has 1 atom stereocenters. The van der Waals surface area contributed by atoms with Crippen LogP contribution in [-0.2, 0) is 6.61 Å². The molecule has 0 bridgehead atoms. The second-order valence-corrected chi connectivity index (χ2v) is 7.61. The Morgan fingerprint density at radius 1 is 1.16 bits per heavy atom. The molecule has 0 saturated heterocycles. The van der Waals surface area contributed by atoms with Crippen molar-refractivity contribution in [3.8, 4) is 17.3 Å². The van der Waals surface area contributed by atoms with Gasteiger partial charge in [0, 0.05) is 17.8 Å². The molecule has 10 heteroatoms. The van der Waals surface area contributed by atoms with Gasteiger partial charge in [0.2, 0.25) is 0 Å². The van der Waals surface area contributed by atoms with Gasteiger partial charge in [-0.3, -0.25) is 14.8 Å². The molecular weight excluding hydrogens is 428 g/mol. The quantitative estimate of drug-likeness (QED) is 0.403. The van der Waals surface area contributed by atoms with Gasteiger partial charge in [-0.2, -0.15) is 10.2 Å². The van der Waals surface area contributed by atoms with Crippen molar-refractivity contribution >= 4 is 28.3 Å². The number of H-pyrrole nitrogens is 1. The number of hydrogen-bond acceptors (Lipinski definition) is 7. The number of rotatable bonds is 6. The number of nitrogen functional groups attached to an aromatic ring is 1. The Balaban J connectivity index is 1.49. The van der Waals surface area contributed by atoms with Crippen LogP contribution in [0.25, 0.3) is 22.4 Å². The van der Waals surface area contributed by atoms with Gasteiger partial charge in [-0.25, -0.2) is 9.97 Å². The Kier molecular flexibility index (Phi) is 5.16. The molecule has 0 aliphatic carbocycles. The van der Waals surface area contributed by atoms with Gasteiger partial charge in [0.1, 0.15) is 12.3 Å². The van der Waals surface area contributed by atoms with Crippen LogP contribution in [0.15, 0.2) is 61.2 Å². The molecule has 0 aliphatic rings. The molecule has 0 aliphatic heterocycles. The molecule has 5 rings (SSSR count). The topological polar surface area (TPSA) is 120 Å². The predicted molar refractivity (Wildman–Crippen MR) is 121 cm³/mol. The zero-order valence-electron chi connectivity index (χ0n) is 17.1. The summed E-state index contributed by atoms with van der Waals surface area (Å²) in [6, 6.07) is 11.4. The smallest absolute Gasteiger partial charge is 0.182 e. The molecule has 0 radical (unpaired) electrons. The van der Waals surface area contributed by atoms with Crippen molar-refractivity contribution in [2.75, 3.05) is 5.73 Å². The minimum absolute atomic E-state index is 0.177. The van der Waals surface area contributed by atoms with E-state index in [2.05, 4.69) is 25.1 Å². The van der Waals surface area contributed by atoms with Crippen LogP contribution < -0.4 is 10.5 Å². The average Bonchev–Trinajstić information content (AvgIpc) is 3.42. The highest BCUT2D eigenvalue weighted by Crippen LogP contribution is 2.32. The normalized spacial score (nSPS) is 12.2. The number of benzene rings is 1. The van der Waals surface area contributed by atoms with Crippen LogP contribution in [0.3, 0.4) is 0 Å². The van der Waals surface area contributed by atoms with E-state index in [-0.39, 0.29) is 11.9 Å². The number of nitrogens with two attached hydrogens (primary N) is 1. The third-order valence-electron chi connectivity index (χ3n) is 5.16. The molecule has 1 aromatic carbocycles. The van der Waals surface area contributed by atoms with Crippen LogP contribution in [0.4, 0.5) is 5.82 Å². The van der Waals surface area contributed by atoms with Crippen molar-refractivity contribution in [3.05, 3.63) is 77.5 Å². The van der Waals surface area contributed by atoms with E-state index in [1.165, 1.54) is 0 Å². The van der Waals surface area contributed by atoms with Crippen LogP contribution in [-0.4, -0.2) is 34.9 Å². The number of anilines is 1. The molecule has 0 fully saturated rings. The number of para-hydroxylation sites is 1. The fourth-order valence-electron chi connectivity index (χ4n) is 3.50. The first-order valence-electron chi connectivity index (χ1n) is 9.92. The molecule has 0 amide bonds. The third kappa shape index (κ3) is 3.63. The number of hydrogen-bond donors (Lipinski definition) is 2. The zero-order chi connectivity index (χ0) is 22.1. The van der Waals surface area contributed by atoms with Gasteiger partial charge in [0.25, 0.3) is 0 Å². The van der Waals surface area contributed by atoms with E-state index >= 15 is 0 Å². The Morgan fingerprint density at radius 3 is 2.72 bits per heavy atom. The van der Waals surface area contributed by atoms with Crippen LogP contribution in [0.2, 0.25) is 5.02 Å². The average molecular weight is 447 g/mol. The minimum Gasteiger partial charge on any atom is -0.483 e. The van der Waals surface area contributed by atoms with E-state index in [1.54, 1.807) is 24.8 Å². The second kappa shape index (κ2) is 8.27. The lowest BCUT2D eigenvalue weighted by Gasteiger charge is -2.12. The van der Waals surface area contributed by atoms with E-state index < -0.39 is 0 Å². The number of fused-ring (bicyclic) bond motifs is 1. The summed E-state index contributed by atoms with van der Waals surface area (Å²) in [7, 11) is 0. The highest BCUT2D eigenvalue weighted by molar-refractivity contribution is 6.31. The van der Waals surface area contributed by atoms with Gasteiger partial charge in [0.15, 0.2) is 17.4 Å². The SMILES string of the molecule is CC(c1[nH]ncc1Cl)n1nc(-c2ncc(OCc3ccncc3)c(N)n2)c2ccccc21. The number of ether oxygens (including phenoxy) is 1. The maximum absolute atomic E-state index is 6.28. The third-order valence-corrected chi connectivity index (χ3v) is 5.46. The predicted octanol–water partition coefficient (Wildman–Crippen LogP) is 4.04. The van der Waals surface area contributed by atoms with Gasteiger partial charge >= 0.3 is 0 Å². The first-order chi connectivity index (χ1) is 15.6. The highest BCUT2D eigenvalue weighted by Gasteiger charge is 2.21. The number of aromatic amines is 1. The fraction of sp³-hybridized carbons (Fsp3) is 0.136. The van der Waals surface area contributed by atoms with Gasteiger partial charge < -0.3 is 10.5 Å². The summed E-state index contributed by atoms with van der Waals surface area (Å²) in [4.78, 5) is 12.9. The van der Waals surface area contributed by atoms with E-state index in [4.69, 9.17) is 27.2 Å². The lowest BCUT2D eigenvalue weighted by molar-refractivity contribution is 0.305. The molecular formula is C22H19ClN8O. The monoisotopic (exact) mass is 446 g/mol. The lowest BCUT2D eigenvalue weighted by atomic mass is 10.2. The summed E-state index contributed by atoms with van der Waals surface area (Å²) >= 11 is 6.28. The Hall–Kier alpha value is -3.98. The number of nitrogens with zero attached hydrogens (tertiary/aromatic N) is 6. The maximum atomic E-state index is 6.28. The number of pyridine rings is 1. The number of halogens is 1. The van der Waals surface area contributed by atoms with Crippen molar-refractivity contribution in [2.24, 2.45) is 0 Å². The second-order valence-electron chi connectivity index (χ2n) is 7.21. The first-order valence-corrected chi connectivity index (χ1v) is 10.3. The highest BCUT2D eigenvalue weighted by atomic mass is 35.5. The Bertz CT molecular complexity index is 1380. The summed E-state index contributed by atoms with van der Waals surface area (Å²) in [5, 5.41) is 13.2. The molecule has 160 valence electrons. The van der Waals surface area contributed by atoms with Crippen molar-refractivity contribution in [1.82, 2.24) is 34.9 Å². The molecule has 0 spiro atoms. The molecule has 32 heavy (non-hydrogen) atoms. The minimum atomic E-state index is -0.177. The van der Waals surface area contributed by atoms with Crippen LogP contribution in [0.1, 0.15) is 24.2 Å². The Labute approximate surface area is 188 Å². The summed E-state index contributed by atoms with van der Waals surface area (Å²) < 4.78 is 7.65. The molecule has 4 aromatic heterocycles. The molecule has 3 N–H and O–H groups in total. The van der Waals surface area contributed by atoms with E-state index in [9.17, 15) is 0 Å². The summed E-state index contributed by atoms with van der Waals surface area (Å²) in [5.74, 6) is 1.07. The van der Waals surface area contributed by atoms with E-state index in [1.807, 2.05) is 48.0 Å². The molecule has 5 aromatic rings. The molecule has 4 heterocycles. The van der Waals surface area contributed by atoms with Crippen LogP contribution >= 0.6 is 11.6 Å². The van der Waals surface area contributed by atoms with Gasteiger partial charge in [0.05, 0.1) is 34.7 Å². The van der Waals surface area contributed by atoms with E-state index in [0.29, 0.717) is 28.9 Å². The van der Waals surface area contributed by atoms with Crippen LogP contribution in [0.5, 0.6) is 5.75 Å². The summed E-state index contributed by atoms with van der Waals surface area (Å²) in [6.45, 7) is 2.34. The van der Waals surface area contributed by atoms with Crippen molar-refractivity contribution in [2.45, 2.75) is 19.6 Å². The van der Waals surface area contributed by atoms with Crippen molar-refractivity contribution in [3.63, 3.8) is 0 Å². The molecule has 9 nitrogen and oxygen atoms in total. The van der Waals surface area contributed by atoms with Gasteiger partial charge in [-0.05, 0) is 30.7 Å². The number of aromatic nitrogens is 7. The molecule has 0 saturated carbocycles. The largest absolute Gasteiger partial charge is 0.483 e. The summed E-state index contributed by atoms with van der Waals surface area (Å²) in [6.07, 6.45) is 6.57. The van der Waals surface area contributed by atoms with Crippen molar-refractivity contribution in [1.29, 1.82) is 0 Å². The summed E-state index contributed by atoms with van der Waals surface area (Å²) in [5.41, 5.74) is 9.46. The first kappa shape index (κ1) is 20.0. The van der Waals surface area contributed by atoms with Crippen LogP contribution in [0, 0.1) is 0 Å². The van der Waals surface area contributed by atoms with Gasteiger partial charge in [-0.15, -0.1) is 0 Å². The lowest BCUT2D eigenvalue weighted by Crippen LogP contribution is -2.10. The Morgan fingerprint density at radius 2 is 1.97 bits per heavy atom. The maximum Gasteiger partial charge on any atom is 0.182 e. The fourth-order valence-corrected chi connectivity index (χ4v) is 3.74. The van der Waals surface area contributed by atoms with E-state index in [0.717, 1.165) is 22.2 Å². The standard InChI is InChI=1S/C22H19ClN8O/c1-13(19-16(23)10-27-29-19)31-17-5-3-2-4-15(17)20(30-31)22-26-11-18(21(24)28-22)32-12-14-6-8-25-9-7-14/h2-11,13H,12H2,1H3,(H,27,29)(H2,24,26,28). The number of nitrogens with one attached hydrogen (secondary N) is 1. The molecule has 1 unspecified atom stereocenters.